The van der Waals surface area contributed by atoms with Gasteiger partial charge in [-0.2, -0.15) is 0 Å². The minimum absolute atomic E-state index is 0.488. The summed E-state index contributed by atoms with van der Waals surface area (Å²) in [4.78, 5) is 0. The molecule has 0 aromatic heterocycles. The van der Waals surface area contributed by atoms with Crippen molar-refractivity contribution in [2.75, 3.05) is 6.61 Å². The van der Waals surface area contributed by atoms with Gasteiger partial charge < -0.3 is 4.74 Å². The molecule has 10 heavy (non-hydrogen) atoms. The second-order valence-corrected chi connectivity index (χ2v) is 2.79. The maximum absolute atomic E-state index is 7.30. The Balaban J connectivity index is 2.21. The van der Waals surface area contributed by atoms with Crippen LogP contribution in [-0.4, -0.2) is 12.5 Å². The predicted molar refractivity (Wildman–Crippen MR) is 41.4 cm³/mol. The van der Waals surface area contributed by atoms with Crippen LogP contribution in [0.3, 0.4) is 0 Å². The highest BCUT2D eigenvalue weighted by Crippen LogP contribution is 2.09. The minimum atomic E-state index is 0.488. The average molecular weight is 141 g/mol. The molecule has 2 heteroatoms. The first-order valence-electron chi connectivity index (χ1n) is 4.10. The Kier molecular flexibility index (Phi) is 3.27. The molecule has 0 aromatic carbocycles. The van der Waals surface area contributed by atoms with E-state index in [2.05, 4.69) is 0 Å². The van der Waals surface area contributed by atoms with E-state index in [0.717, 1.165) is 25.9 Å². The van der Waals surface area contributed by atoms with Gasteiger partial charge in [-0.3, -0.25) is 5.41 Å². The van der Waals surface area contributed by atoms with Gasteiger partial charge in [0.05, 0.1) is 6.61 Å². The van der Waals surface area contributed by atoms with E-state index in [-0.39, 0.29) is 0 Å². The monoisotopic (exact) mass is 141 g/mol. The molecule has 0 saturated carbocycles. The standard InChI is InChI=1S/C8H15NO/c9-8-6-4-2-1-3-5-7-10-8/h9H,1-7H2. The first kappa shape index (κ1) is 7.58. The number of nitrogens with one attached hydrogen (secondary N) is 1. The molecule has 2 nitrogen and oxygen atoms in total. The van der Waals surface area contributed by atoms with Crippen LogP contribution in [0.2, 0.25) is 0 Å². The van der Waals surface area contributed by atoms with Gasteiger partial charge in [0.25, 0.3) is 0 Å². The lowest BCUT2D eigenvalue weighted by Crippen LogP contribution is -2.02. The molecule has 1 saturated heterocycles. The molecule has 1 N–H and O–H groups in total. The molecule has 0 radical (unpaired) electrons. The van der Waals surface area contributed by atoms with Crippen molar-refractivity contribution in [1.29, 1.82) is 5.41 Å². The van der Waals surface area contributed by atoms with Crippen LogP contribution in [0.25, 0.3) is 0 Å². The molecule has 0 atom stereocenters. The molecular formula is C8H15NO. The summed E-state index contributed by atoms with van der Waals surface area (Å²) >= 11 is 0. The van der Waals surface area contributed by atoms with Crippen molar-refractivity contribution in [2.45, 2.75) is 38.5 Å². The van der Waals surface area contributed by atoms with Crippen molar-refractivity contribution in [3.05, 3.63) is 0 Å². The fourth-order valence-electron chi connectivity index (χ4n) is 1.19. The summed E-state index contributed by atoms with van der Waals surface area (Å²) < 4.78 is 5.15. The van der Waals surface area contributed by atoms with Crippen LogP contribution in [0, 0.1) is 5.41 Å². The van der Waals surface area contributed by atoms with Gasteiger partial charge >= 0.3 is 0 Å². The van der Waals surface area contributed by atoms with Crippen LogP contribution in [0.1, 0.15) is 38.5 Å². The normalized spacial score (nSPS) is 22.2. The molecule has 0 unspecified atom stereocenters. The van der Waals surface area contributed by atoms with Crippen molar-refractivity contribution in [1.82, 2.24) is 0 Å². The van der Waals surface area contributed by atoms with E-state index in [9.17, 15) is 0 Å². The Labute approximate surface area is 62.1 Å². The second kappa shape index (κ2) is 4.31. The van der Waals surface area contributed by atoms with Gasteiger partial charge in [-0.15, -0.1) is 0 Å². The molecular weight excluding hydrogens is 126 g/mol. The number of rotatable bonds is 0. The Bertz CT molecular complexity index is 99.8. The van der Waals surface area contributed by atoms with Gasteiger partial charge in [0.2, 0.25) is 0 Å². The molecule has 1 heterocycles. The predicted octanol–water partition coefficient (Wildman–Crippen LogP) is 2.33. The van der Waals surface area contributed by atoms with E-state index in [1.54, 1.807) is 0 Å². The summed E-state index contributed by atoms with van der Waals surface area (Å²) in [6.45, 7) is 0.763. The summed E-state index contributed by atoms with van der Waals surface area (Å²) in [6, 6.07) is 0. The zero-order valence-electron chi connectivity index (χ0n) is 6.36. The SMILES string of the molecule is N=C1CCCCCCCO1. The van der Waals surface area contributed by atoms with Crippen LogP contribution >= 0.6 is 0 Å². The zero-order valence-corrected chi connectivity index (χ0v) is 6.36. The second-order valence-electron chi connectivity index (χ2n) is 2.79. The number of hydrogen-bond acceptors (Lipinski definition) is 2. The highest BCUT2D eigenvalue weighted by Gasteiger charge is 2.01. The van der Waals surface area contributed by atoms with Crippen LogP contribution < -0.4 is 0 Å². The van der Waals surface area contributed by atoms with E-state index in [1.165, 1.54) is 19.3 Å². The lowest BCUT2D eigenvalue weighted by atomic mass is 10.1. The van der Waals surface area contributed by atoms with E-state index < -0.39 is 0 Å². The molecule has 0 spiro atoms. The Morgan fingerprint density at radius 3 is 2.60 bits per heavy atom. The Hall–Kier alpha value is -0.530. The molecule has 0 bridgehead atoms. The van der Waals surface area contributed by atoms with Crippen molar-refractivity contribution < 1.29 is 4.74 Å². The lowest BCUT2D eigenvalue weighted by molar-refractivity contribution is 0.286. The fraction of sp³-hybridized carbons (Fsp3) is 0.875. The van der Waals surface area contributed by atoms with Crippen LogP contribution in [0.4, 0.5) is 0 Å². The van der Waals surface area contributed by atoms with Crippen molar-refractivity contribution in [3.63, 3.8) is 0 Å². The zero-order chi connectivity index (χ0) is 7.23. The molecule has 0 aromatic rings. The summed E-state index contributed by atoms with van der Waals surface area (Å²) in [5.74, 6) is 0.488. The van der Waals surface area contributed by atoms with Crippen LogP contribution in [0.5, 0.6) is 0 Å². The quantitative estimate of drug-likeness (QED) is 0.551. The average Bonchev–Trinajstić information content (AvgIpc) is 2.02. The van der Waals surface area contributed by atoms with E-state index in [1.807, 2.05) is 0 Å². The highest BCUT2D eigenvalue weighted by atomic mass is 16.5. The lowest BCUT2D eigenvalue weighted by Gasteiger charge is -2.02. The molecule has 1 aliphatic rings. The number of hydrogen-bond donors (Lipinski definition) is 1. The van der Waals surface area contributed by atoms with E-state index >= 15 is 0 Å². The van der Waals surface area contributed by atoms with Crippen molar-refractivity contribution in [3.8, 4) is 0 Å². The summed E-state index contributed by atoms with van der Waals surface area (Å²) in [6.07, 6.45) is 6.97. The third-order valence-corrected chi connectivity index (χ3v) is 1.82. The first-order valence-corrected chi connectivity index (χ1v) is 4.10. The summed E-state index contributed by atoms with van der Waals surface area (Å²) in [5, 5.41) is 7.30. The van der Waals surface area contributed by atoms with Gasteiger partial charge in [-0.25, -0.2) is 0 Å². The Morgan fingerprint density at radius 2 is 1.70 bits per heavy atom. The molecule has 1 aliphatic heterocycles. The molecule has 1 fully saturated rings. The largest absolute Gasteiger partial charge is 0.481 e. The number of ether oxygens (including phenoxy) is 1. The summed E-state index contributed by atoms with van der Waals surface area (Å²) in [5.41, 5.74) is 0. The topological polar surface area (TPSA) is 33.1 Å². The van der Waals surface area contributed by atoms with Gasteiger partial charge in [-0.1, -0.05) is 19.3 Å². The van der Waals surface area contributed by atoms with Gasteiger partial charge in [-0.05, 0) is 12.8 Å². The van der Waals surface area contributed by atoms with Gasteiger partial charge in [0.15, 0.2) is 5.90 Å². The minimum Gasteiger partial charge on any atom is -0.481 e. The van der Waals surface area contributed by atoms with Crippen molar-refractivity contribution >= 4 is 5.90 Å². The van der Waals surface area contributed by atoms with Crippen LogP contribution in [-0.2, 0) is 4.74 Å². The third-order valence-electron chi connectivity index (χ3n) is 1.82. The smallest absolute Gasteiger partial charge is 0.180 e. The molecule has 0 aliphatic carbocycles. The fourth-order valence-corrected chi connectivity index (χ4v) is 1.19. The van der Waals surface area contributed by atoms with Gasteiger partial charge in [0, 0.05) is 6.42 Å². The molecule has 0 amide bonds. The van der Waals surface area contributed by atoms with Gasteiger partial charge in [0.1, 0.15) is 0 Å². The maximum Gasteiger partial charge on any atom is 0.180 e. The first-order chi connectivity index (χ1) is 4.89. The van der Waals surface area contributed by atoms with Crippen LogP contribution in [0.15, 0.2) is 0 Å². The highest BCUT2D eigenvalue weighted by molar-refractivity contribution is 5.72. The Morgan fingerprint density at radius 1 is 1.00 bits per heavy atom. The molecule has 58 valence electrons. The van der Waals surface area contributed by atoms with E-state index in [4.69, 9.17) is 10.1 Å². The third kappa shape index (κ3) is 2.85. The maximum atomic E-state index is 7.30. The van der Waals surface area contributed by atoms with Crippen molar-refractivity contribution in [2.24, 2.45) is 0 Å². The summed E-state index contributed by atoms with van der Waals surface area (Å²) in [7, 11) is 0. The van der Waals surface area contributed by atoms with E-state index in [0.29, 0.717) is 5.90 Å². The molecule has 1 rings (SSSR count).